The van der Waals surface area contributed by atoms with E-state index < -0.39 is 5.97 Å². The van der Waals surface area contributed by atoms with E-state index in [2.05, 4.69) is 78.9 Å². The molecule has 3 aromatic carbocycles. The summed E-state index contributed by atoms with van der Waals surface area (Å²) in [5.74, 6) is -0.754. The molecule has 1 N–H and O–H groups in total. The van der Waals surface area contributed by atoms with Crippen LogP contribution in [0.2, 0.25) is 0 Å². The number of hydrogen-bond donors (Lipinski definition) is 1. The van der Waals surface area contributed by atoms with Crippen molar-refractivity contribution >= 4 is 17.1 Å². The molecule has 0 saturated carbocycles. The van der Waals surface area contributed by atoms with Crippen molar-refractivity contribution in [3.63, 3.8) is 0 Å². The Morgan fingerprint density at radius 1 is 0.786 bits per heavy atom. The number of benzene rings is 3. The summed E-state index contributed by atoms with van der Waals surface area (Å²) in [5.41, 5.74) is 8.97. The molecule has 0 atom stereocenters. The molecule has 0 unspecified atom stereocenters. The SMILES string of the molecule is O=C(O)CCc1ccc(C2=C(c3ccccc3)CCCc3ccccc32)cc1. The van der Waals surface area contributed by atoms with Crippen LogP contribution in [0.25, 0.3) is 11.1 Å². The Balaban J connectivity index is 1.83. The Labute approximate surface area is 166 Å². The van der Waals surface area contributed by atoms with Crippen LogP contribution in [0.1, 0.15) is 47.1 Å². The van der Waals surface area contributed by atoms with Crippen molar-refractivity contribution in [2.24, 2.45) is 0 Å². The van der Waals surface area contributed by atoms with Crippen molar-refractivity contribution in [1.29, 1.82) is 0 Å². The summed E-state index contributed by atoms with van der Waals surface area (Å²) >= 11 is 0. The van der Waals surface area contributed by atoms with Gasteiger partial charge in [-0.05, 0) is 64.6 Å². The predicted octanol–water partition coefficient (Wildman–Crippen LogP) is 6.00. The Morgan fingerprint density at radius 3 is 2.25 bits per heavy atom. The minimum atomic E-state index is -0.754. The fourth-order valence-electron chi connectivity index (χ4n) is 4.07. The van der Waals surface area contributed by atoms with E-state index in [0.717, 1.165) is 24.8 Å². The molecule has 0 fully saturated rings. The first-order chi connectivity index (χ1) is 13.7. The fraction of sp³-hybridized carbons (Fsp3) is 0.192. The average Bonchev–Trinajstić information content (AvgIpc) is 2.93. The lowest BCUT2D eigenvalue weighted by molar-refractivity contribution is -0.136. The number of aryl methyl sites for hydroxylation is 2. The number of rotatable bonds is 5. The highest BCUT2D eigenvalue weighted by molar-refractivity contribution is 5.99. The van der Waals surface area contributed by atoms with E-state index in [0.29, 0.717) is 6.42 Å². The zero-order valence-corrected chi connectivity index (χ0v) is 15.9. The molecule has 3 aromatic rings. The monoisotopic (exact) mass is 368 g/mol. The van der Waals surface area contributed by atoms with Gasteiger partial charge in [-0.25, -0.2) is 0 Å². The lowest BCUT2D eigenvalue weighted by atomic mass is 9.87. The van der Waals surface area contributed by atoms with Crippen molar-refractivity contribution in [3.8, 4) is 0 Å². The second kappa shape index (κ2) is 8.26. The van der Waals surface area contributed by atoms with E-state index in [-0.39, 0.29) is 6.42 Å². The molecule has 2 heteroatoms. The highest BCUT2D eigenvalue weighted by Crippen LogP contribution is 2.39. The second-order valence-electron chi connectivity index (χ2n) is 7.32. The maximum atomic E-state index is 10.9. The van der Waals surface area contributed by atoms with Gasteiger partial charge in [0.25, 0.3) is 0 Å². The van der Waals surface area contributed by atoms with E-state index in [1.165, 1.54) is 33.4 Å². The summed E-state index contributed by atoms with van der Waals surface area (Å²) in [6.07, 6.45) is 4.01. The topological polar surface area (TPSA) is 37.3 Å². The minimum Gasteiger partial charge on any atom is -0.481 e. The molecule has 0 heterocycles. The van der Waals surface area contributed by atoms with E-state index in [9.17, 15) is 4.79 Å². The number of carboxylic acids is 1. The van der Waals surface area contributed by atoms with Gasteiger partial charge in [0.05, 0.1) is 0 Å². The quantitative estimate of drug-likeness (QED) is 0.600. The number of carbonyl (C=O) groups is 1. The third-order valence-electron chi connectivity index (χ3n) is 5.45. The van der Waals surface area contributed by atoms with Crippen molar-refractivity contribution in [1.82, 2.24) is 0 Å². The molecule has 1 aliphatic carbocycles. The lowest BCUT2D eigenvalue weighted by Gasteiger charge is -2.17. The van der Waals surface area contributed by atoms with Gasteiger partial charge < -0.3 is 5.11 Å². The molecule has 0 aromatic heterocycles. The maximum absolute atomic E-state index is 10.9. The van der Waals surface area contributed by atoms with Gasteiger partial charge in [0.2, 0.25) is 0 Å². The molecule has 1 aliphatic rings. The minimum absolute atomic E-state index is 0.167. The Morgan fingerprint density at radius 2 is 1.50 bits per heavy atom. The first-order valence-electron chi connectivity index (χ1n) is 9.90. The second-order valence-corrected chi connectivity index (χ2v) is 7.32. The number of fused-ring (bicyclic) bond motifs is 1. The predicted molar refractivity (Wildman–Crippen MR) is 114 cm³/mol. The zero-order chi connectivity index (χ0) is 19.3. The molecule has 0 spiro atoms. The summed E-state index contributed by atoms with van der Waals surface area (Å²) in [6.45, 7) is 0. The first-order valence-corrected chi connectivity index (χ1v) is 9.90. The Kier molecular flexibility index (Phi) is 5.38. The van der Waals surface area contributed by atoms with E-state index in [4.69, 9.17) is 5.11 Å². The summed E-state index contributed by atoms with van der Waals surface area (Å²) in [7, 11) is 0. The third-order valence-corrected chi connectivity index (χ3v) is 5.45. The van der Waals surface area contributed by atoms with Crippen LogP contribution in [0.4, 0.5) is 0 Å². The summed E-state index contributed by atoms with van der Waals surface area (Å²) in [5, 5.41) is 8.93. The van der Waals surface area contributed by atoms with Gasteiger partial charge in [0.15, 0.2) is 0 Å². The van der Waals surface area contributed by atoms with Crippen molar-refractivity contribution < 1.29 is 9.90 Å². The normalized spacial score (nSPS) is 13.7. The van der Waals surface area contributed by atoms with Gasteiger partial charge in [0, 0.05) is 6.42 Å². The molecule has 0 amide bonds. The van der Waals surface area contributed by atoms with Crippen LogP contribution in [-0.4, -0.2) is 11.1 Å². The highest BCUT2D eigenvalue weighted by Gasteiger charge is 2.19. The van der Waals surface area contributed by atoms with Crippen molar-refractivity contribution in [2.45, 2.75) is 32.1 Å². The number of allylic oxidation sites excluding steroid dienone is 1. The van der Waals surface area contributed by atoms with Crippen LogP contribution in [-0.2, 0) is 17.6 Å². The zero-order valence-electron chi connectivity index (χ0n) is 15.9. The van der Waals surface area contributed by atoms with Crippen LogP contribution in [0, 0.1) is 0 Å². The van der Waals surface area contributed by atoms with E-state index in [1.54, 1.807) is 0 Å². The van der Waals surface area contributed by atoms with E-state index in [1.807, 2.05) is 0 Å². The number of hydrogen-bond acceptors (Lipinski definition) is 1. The third kappa shape index (κ3) is 3.91. The standard InChI is InChI=1S/C26H24O2/c27-25(28)18-15-19-13-16-22(17-14-19)26-23-11-5-4-9-21(23)10-6-12-24(26)20-7-2-1-3-8-20/h1-5,7-9,11,13-14,16-17H,6,10,12,15,18H2,(H,27,28). The van der Waals surface area contributed by atoms with Gasteiger partial charge in [-0.1, -0.05) is 78.9 Å². The van der Waals surface area contributed by atoms with Crippen LogP contribution in [0.3, 0.4) is 0 Å². The molecule has 4 rings (SSSR count). The van der Waals surface area contributed by atoms with E-state index >= 15 is 0 Å². The van der Waals surface area contributed by atoms with Gasteiger partial charge >= 0.3 is 5.97 Å². The summed E-state index contributed by atoms with van der Waals surface area (Å²) < 4.78 is 0. The molecular weight excluding hydrogens is 344 g/mol. The Bertz CT molecular complexity index is 998. The number of aliphatic carboxylic acids is 1. The Hall–Kier alpha value is -3.13. The van der Waals surface area contributed by atoms with Crippen molar-refractivity contribution in [2.75, 3.05) is 0 Å². The van der Waals surface area contributed by atoms with Gasteiger partial charge in [0.1, 0.15) is 0 Å². The van der Waals surface area contributed by atoms with Crippen LogP contribution in [0.15, 0.2) is 78.9 Å². The highest BCUT2D eigenvalue weighted by atomic mass is 16.4. The fourth-order valence-corrected chi connectivity index (χ4v) is 4.07. The molecule has 0 bridgehead atoms. The smallest absolute Gasteiger partial charge is 0.303 e. The molecule has 2 nitrogen and oxygen atoms in total. The summed E-state index contributed by atoms with van der Waals surface area (Å²) in [6, 6.07) is 27.8. The molecular formula is C26H24O2. The van der Waals surface area contributed by atoms with Crippen LogP contribution in [0.5, 0.6) is 0 Å². The summed E-state index contributed by atoms with van der Waals surface area (Å²) in [4.78, 5) is 10.9. The number of carboxylic acid groups (broad SMARTS) is 1. The van der Waals surface area contributed by atoms with Crippen LogP contribution < -0.4 is 0 Å². The maximum Gasteiger partial charge on any atom is 0.303 e. The van der Waals surface area contributed by atoms with Crippen molar-refractivity contribution in [3.05, 3.63) is 107 Å². The van der Waals surface area contributed by atoms with Gasteiger partial charge in [-0.2, -0.15) is 0 Å². The first kappa shape index (κ1) is 18.2. The largest absolute Gasteiger partial charge is 0.481 e. The van der Waals surface area contributed by atoms with Gasteiger partial charge in [-0.3, -0.25) is 4.79 Å². The van der Waals surface area contributed by atoms with Crippen LogP contribution >= 0.6 is 0 Å². The molecule has 0 aliphatic heterocycles. The average molecular weight is 368 g/mol. The van der Waals surface area contributed by atoms with Gasteiger partial charge in [-0.15, -0.1) is 0 Å². The lowest BCUT2D eigenvalue weighted by Crippen LogP contribution is -1.99. The molecule has 28 heavy (non-hydrogen) atoms. The molecule has 0 radical (unpaired) electrons. The molecule has 0 saturated heterocycles. The molecule has 140 valence electrons.